The molecule has 9 N–H and O–H groups in total. The maximum Gasteiger partial charge on any atom is 0.351 e. The van der Waals surface area contributed by atoms with Crippen LogP contribution in [0.25, 0.3) is 0 Å². The van der Waals surface area contributed by atoms with Crippen molar-refractivity contribution < 1.29 is 19.8 Å². The van der Waals surface area contributed by atoms with Gasteiger partial charge < -0.3 is 37.0 Å². The molecule has 13 heteroatoms. The number of nitrogen functional groups attached to an aromatic ring is 1. The lowest BCUT2D eigenvalue weighted by Crippen LogP contribution is -2.58. The van der Waals surface area contributed by atoms with Gasteiger partial charge in [0.1, 0.15) is 17.6 Å². The predicted octanol–water partition coefficient (Wildman–Crippen LogP) is -2.37. The maximum atomic E-state index is 12.2. The van der Waals surface area contributed by atoms with Crippen molar-refractivity contribution in [2.75, 3.05) is 18.9 Å². The molecular formula is C15H24N8O5. The largest absolute Gasteiger partial charge is 0.469 e. The smallest absolute Gasteiger partial charge is 0.351 e. The molecule has 2 saturated heterocycles. The minimum atomic E-state index is -1.43. The first-order chi connectivity index (χ1) is 13.3. The van der Waals surface area contributed by atoms with E-state index in [1.807, 2.05) is 0 Å². The number of aliphatic imine (C=N–C) groups is 1. The van der Waals surface area contributed by atoms with E-state index in [0.29, 0.717) is 19.4 Å². The van der Waals surface area contributed by atoms with Crippen molar-refractivity contribution in [1.82, 2.24) is 14.9 Å². The van der Waals surface area contributed by atoms with Gasteiger partial charge in [0.15, 0.2) is 12.2 Å². The van der Waals surface area contributed by atoms with Gasteiger partial charge in [0.05, 0.1) is 12.6 Å². The molecule has 1 aromatic rings. The Labute approximate surface area is 159 Å². The average Bonchev–Trinajstić information content (AvgIpc) is 2.73. The summed E-state index contributed by atoms with van der Waals surface area (Å²) in [6.45, 7) is 0.254. The Morgan fingerprint density at radius 2 is 2.29 bits per heavy atom. The highest BCUT2D eigenvalue weighted by atomic mass is 16.6. The summed E-state index contributed by atoms with van der Waals surface area (Å²) in [5.41, 5.74) is 14.1. The Hall–Kier alpha value is -2.90. The molecule has 2 fully saturated rings. The highest BCUT2D eigenvalue weighted by molar-refractivity contribution is 5.82. The Kier molecular flexibility index (Phi) is 5.67. The zero-order chi connectivity index (χ0) is 20.3. The monoisotopic (exact) mass is 396 g/mol. The zero-order valence-electron chi connectivity index (χ0n) is 15.1. The van der Waals surface area contributed by atoms with Gasteiger partial charge in [-0.15, -0.1) is 0 Å². The molecule has 13 nitrogen and oxygen atoms in total. The maximum absolute atomic E-state index is 12.2. The fourth-order valence-corrected chi connectivity index (χ4v) is 3.32. The fourth-order valence-electron chi connectivity index (χ4n) is 3.32. The van der Waals surface area contributed by atoms with E-state index in [4.69, 9.17) is 26.7 Å². The number of oxime groups is 1. The van der Waals surface area contributed by atoms with Crippen LogP contribution in [0.3, 0.4) is 0 Å². The number of hydrogen-bond donors (Lipinski definition) is 6. The highest BCUT2D eigenvalue weighted by Crippen LogP contribution is 2.33. The molecule has 3 rings (SSSR count). The van der Waals surface area contributed by atoms with Gasteiger partial charge in [-0.2, -0.15) is 4.98 Å². The molecule has 0 spiro atoms. The third kappa shape index (κ3) is 4.32. The molecule has 0 radical (unpaired) electrons. The molecule has 0 aromatic carbocycles. The highest BCUT2D eigenvalue weighted by Gasteiger charge is 2.48. The molecule has 0 aliphatic carbocycles. The summed E-state index contributed by atoms with van der Waals surface area (Å²) < 4.78 is 12.7. The second-order valence-electron chi connectivity index (χ2n) is 6.72. The van der Waals surface area contributed by atoms with Crippen LogP contribution in [-0.4, -0.2) is 62.7 Å². The lowest BCUT2D eigenvalue weighted by molar-refractivity contribution is -0.196. The van der Waals surface area contributed by atoms with Gasteiger partial charge in [0.25, 0.3) is 0 Å². The van der Waals surface area contributed by atoms with E-state index >= 15 is 0 Å². The van der Waals surface area contributed by atoms with Crippen molar-refractivity contribution in [3.05, 3.63) is 22.7 Å². The minimum absolute atomic E-state index is 0.0191. The summed E-state index contributed by atoms with van der Waals surface area (Å²) in [4.78, 5) is 19.7. The normalized spacial score (nSPS) is 31.0. The topological polar surface area (TPSA) is 209 Å². The van der Waals surface area contributed by atoms with Gasteiger partial charge in [-0.05, 0) is 18.9 Å². The van der Waals surface area contributed by atoms with E-state index in [0.717, 1.165) is 0 Å². The molecule has 4 atom stereocenters. The predicted molar refractivity (Wildman–Crippen MR) is 98.4 cm³/mol. The number of aliphatic hydroxyl groups is 1. The van der Waals surface area contributed by atoms with Crippen molar-refractivity contribution >= 4 is 17.7 Å². The van der Waals surface area contributed by atoms with E-state index in [-0.39, 0.29) is 30.7 Å². The molecule has 0 amide bonds. The van der Waals surface area contributed by atoms with Crippen LogP contribution in [0, 0.1) is 0 Å². The Balaban J connectivity index is 1.80. The second-order valence-corrected chi connectivity index (χ2v) is 6.72. The number of nitrogens with one attached hydrogen (secondary N) is 1. The molecule has 0 saturated carbocycles. The molecule has 154 valence electrons. The number of guanidine groups is 1. The summed E-state index contributed by atoms with van der Waals surface area (Å²) >= 11 is 0. The van der Waals surface area contributed by atoms with Gasteiger partial charge in [-0.25, -0.2) is 4.79 Å². The quantitative estimate of drug-likeness (QED) is 0.102. The Morgan fingerprint density at radius 3 is 2.96 bits per heavy atom. The first-order valence-electron chi connectivity index (χ1n) is 8.71. The summed E-state index contributed by atoms with van der Waals surface area (Å²) in [7, 11) is 0. The SMILES string of the molecule is NC(N)=NCCC[C@H]1N[C@]2(O)CO[C@@H](n3ccc(N)nc3=O)[C@@H](C2)O/C1=N\O. The number of nitrogens with zero attached hydrogens (tertiary/aromatic N) is 4. The summed E-state index contributed by atoms with van der Waals surface area (Å²) in [5, 5.41) is 26.5. The van der Waals surface area contributed by atoms with Crippen molar-refractivity contribution in [1.29, 1.82) is 0 Å². The van der Waals surface area contributed by atoms with E-state index in [9.17, 15) is 15.1 Å². The van der Waals surface area contributed by atoms with E-state index in [2.05, 4.69) is 20.4 Å². The third-order valence-electron chi connectivity index (χ3n) is 4.53. The molecule has 3 heterocycles. The van der Waals surface area contributed by atoms with Crippen LogP contribution >= 0.6 is 0 Å². The number of ether oxygens (including phenoxy) is 2. The molecule has 2 aliphatic rings. The van der Waals surface area contributed by atoms with Crippen LogP contribution in [0.15, 0.2) is 27.2 Å². The van der Waals surface area contributed by atoms with Crippen LogP contribution in [0.4, 0.5) is 5.82 Å². The number of rotatable bonds is 5. The van der Waals surface area contributed by atoms with Crippen molar-refractivity contribution in [3.8, 4) is 0 Å². The number of aromatic nitrogens is 2. The molecule has 28 heavy (non-hydrogen) atoms. The zero-order valence-corrected chi connectivity index (χ0v) is 15.1. The second kappa shape index (κ2) is 8.00. The first-order valence-corrected chi connectivity index (χ1v) is 8.71. The van der Waals surface area contributed by atoms with Crippen LogP contribution in [0.2, 0.25) is 0 Å². The molecule has 2 aliphatic heterocycles. The molecule has 1 aromatic heterocycles. The van der Waals surface area contributed by atoms with E-state index < -0.39 is 29.8 Å². The molecular weight excluding hydrogens is 372 g/mol. The molecule has 0 unspecified atom stereocenters. The summed E-state index contributed by atoms with van der Waals surface area (Å²) in [6, 6.07) is 0.853. The standard InChI is InChI=1S/C15H24N8O5/c16-10-3-5-23(14(24)20-10)12-9-6-15(25,7-27-12)21-8(11(22-26)28-9)2-1-4-19-13(17)18/h3,5,8-9,12,21,25-26H,1-2,4,6-7H2,(H2,16,20,24)(H4,17,18,19)/b22-11-/t8-,9-,12-,15-/m1/s1. The number of fused-ring (bicyclic) bond motifs is 2. The summed E-state index contributed by atoms with van der Waals surface area (Å²) in [5.74, 6) is 0.0300. The average molecular weight is 396 g/mol. The van der Waals surface area contributed by atoms with E-state index in [1.165, 1.54) is 16.8 Å². The van der Waals surface area contributed by atoms with Gasteiger partial charge in [0.2, 0.25) is 5.90 Å². The van der Waals surface area contributed by atoms with Gasteiger partial charge in [-0.3, -0.25) is 14.9 Å². The number of anilines is 1. The van der Waals surface area contributed by atoms with Gasteiger partial charge in [-0.1, -0.05) is 5.16 Å². The van der Waals surface area contributed by atoms with Crippen LogP contribution in [0.1, 0.15) is 25.5 Å². The van der Waals surface area contributed by atoms with Crippen molar-refractivity contribution in [2.24, 2.45) is 21.6 Å². The lowest BCUT2D eigenvalue weighted by atomic mass is 10.0. The fraction of sp³-hybridized carbons (Fsp3) is 0.600. The summed E-state index contributed by atoms with van der Waals surface area (Å²) in [6.07, 6.45) is 0.827. The van der Waals surface area contributed by atoms with Crippen LogP contribution in [-0.2, 0) is 9.47 Å². The third-order valence-corrected chi connectivity index (χ3v) is 4.53. The molecule has 2 bridgehead atoms. The van der Waals surface area contributed by atoms with Gasteiger partial charge in [0, 0.05) is 19.2 Å². The van der Waals surface area contributed by atoms with E-state index in [1.54, 1.807) is 0 Å². The number of nitrogens with two attached hydrogens (primary N) is 3. The van der Waals surface area contributed by atoms with Crippen LogP contribution in [0.5, 0.6) is 0 Å². The van der Waals surface area contributed by atoms with Crippen LogP contribution < -0.4 is 28.2 Å². The first kappa shape index (κ1) is 19.9. The van der Waals surface area contributed by atoms with Gasteiger partial charge >= 0.3 is 5.69 Å². The van der Waals surface area contributed by atoms with Crippen molar-refractivity contribution in [2.45, 2.75) is 43.4 Å². The lowest BCUT2D eigenvalue weighted by Gasteiger charge is -2.39. The van der Waals surface area contributed by atoms with Crippen molar-refractivity contribution in [3.63, 3.8) is 0 Å². The Morgan fingerprint density at radius 1 is 1.50 bits per heavy atom. The minimum Gasteiger partial charge on any atom is -0.469 e. The number of hydrogen-bond acceptors (Lipinski definition) is 10. The Bertz CT molecular complexity index is 823.